The minimum Gasteiger partial charge on any atom is -0.490 e. The van der Waals surface area contributed by atoms with Crippen molar-refractivity contribution in [1.82, 2.24) is 5.43 Å². The number of anilines is 1. The van der Waals surface area contributed by atoms with Crippen molar-refractivity contribution >= 4 is 29.7 Å². The molecule has 0 saturated heterocycles. The second-order valence-corrected chi connectivity index (χ2v) is 6.62. The molecule has 0 aromatic heterocycles. The van der Waals surface area contributed by atoms with E-state index in [2.05, 4.69) is 15.8 Å². The summed E-state index contributed by atoms with van der Waals surface area (Å²) < 4.78 is 15.8. The molecular weight excluding hydrogens is 414 g/mol. The predicted octanol–water partition coefficient (Wildman–Crippen LogP) is 2.81. The Hall–Kier alpha value is -3.88. The number of carbonyl (C=O) groups is 3. The van der Waals surface area contributed by atoms with E-state index in [0.29, 0.717) is 29.4 Å². The van der Waals surface area contributed by atoms with Crippen molar-refractivity contribution in [2.24, 2.45) is 5.10 Å². The van der Waals surface area contributed by atoms with Gasteiger partial charge in [0.05, 0.1) is 19.4 Å². The number of ether oxygens (including phenoxy) is 3. The molecule has 2 aromatic rings. The summed E-state index contributed by atoms with van der Waals surface area (Å²) in [6, 6.07) is 12.2. The molecule has 0 spiro atoms. The molecule has 0 bridgehead atoms. The van der Waals surface area contributed by atoms with Gasteiger partial charge in [0.1, 0.15) is 6.42 Å². The van der Waals surface area contributed by atoms with Crippen LogP contribution in [0.4, 0.5) is 5.69 Å². The van der Waals surface area contributed by atoms with E-state index in [-0.39, 0.29) is 19.6 Å². The van der Waals surface area contributed by atoms with Gasteiger partial charge < -0.3 is 19.5 Å². The summed E-state index contributed by atoms with van der Waals surface area (Å²) >= 11 is 0. The zero-order valence-electron chi connectivity index (χ0n) is 18.3. The normalized spacial score (nSPS) is 10.5. The fraction of sp³-hybridized carbons (Fsp3) is 0.304. The van der Waals surface area contributed by atoms with Crippen molar-refractivity contribution in [2.45, 2.75) is 27.2 Å². The lowest BCUT2D eigenvalue weighted by molar-refractivity contribution is -0.145. The van der Waals surface area contributed by atoms with Gasteiger partial charge in [0, 0.05) is 5.69 Å². The lowest BCUT2D eigenvalue weighted by atomic mass is 10.2. The van der Waals surface area contributed by atoms with Gasteiger partial charge in [0.2, 0.25) is 11.8 Å². The predicted molar refractivity (Wildman–Crippen MR) is 120 cm³/mol. The third-order valence-corrected chi connectivity index (χ3v) is 3.98. The van der Waals surface area contributed by atoms with E-state index in [9.17, 15) is 14.4 Å². The van der Waals surface area contributed by atoms with E-state index in [0.717, 1.165) is 5.56 Å². The van der Waals surface area contributed by atoms with Gasteiger partial charge in [-0.05, 0) is 56.7 Å². The van der Waals surface area contributed by atoms with Crippen LogP contribution in [0.5, 0.6) is 11.5 Å². The maximum Gasteiger partial charge on any atom is 0.344 e. The zero-order valence-corrected chi connectivity index (χ0v) is 18.3. The first-order chi connectivity index (χ1) is 15.4. The van der Waals surface area contributed by atoms with Gasteiger partial charge in [0.15, 0.2) is 18.1 Å². The van der Waals surface area contributed by atoms with Crippen molar-refractivity contribution in [1.29, 1.82) is 0 Å². The van der Waals surface area contributed by atoms with Gasteiger partial charge in [-0.25, -0.2) is 10.2 Å². The first-order valence-corrected chi connectivity index (χ1v) is 10.1. The molecule has 2 rings (SSSR count). The number of hydrogen-bond acceptors (Lipinski definition) is 7. The van der Waals surface area contributed by atoms with E-state index < -0.39 is 17.8 Å². The Labute approximate surface area is 186 Å². The van der Waals surface area contributed by atoms with Crippen molar-refractivity contribution in [3.63, 3.8) is 0 Å². The number of amides is 2. The van der Waals surface area contributed by atoms with Crippen LogP contribution >= 0.6 is 0 Å². The van der Waals surface area contributed by atoms with Gasteiger partial charge in [0.25, 0.3) is 0 Å². The van der Waals surface area contributed by atoms with Crippen molar-refractivity contribution in [3.8, 4) is 11.5 Å². The maximum absolute atomic E-state index is 12.0. The number of aryl methyl sites for hydroxylation is 1. The minimum absolute atomic E-state index is 0.234. The highest BCUT2D eigenvalue weighted by atomic mass is 16.6. The molecule has 170 valence electrons. The fourth-order valence-electron chi connectivity index (χ4n) is 2.54. The molecule has 2 N–H and O–H groups in total. The Morgan fingerprint density at radius 2 is 1.69 bits per heavy atom. The van der Waals surface area contributed by atoms with Crippen molar-refractivity contribution in [3.05, 3.63) is 53.6 Å². The number of hydrazone groups is 1. The van der Waals surface area contributed by atoms with Crippen LogP contribution in [0.3, 0.4) is 0 Å². The maximum atomic E-state index is 12.0. The molecule has 2 aromatic carbocycles. The van der Waals surface area contributed by atoms with Gasteiger partial charge in [-0.2, -0.15) is 5.10 Å². The van der Waals surface area contributed by atoms with E-state index in [1.54, 1.807) is 37.3 Å². The molecule has 0 fully saturated rings. The number of esters is 1. The Morgan fingerprint density at radius 3 is 2.38 bits per heavy atom. The highest BCUT2D eigenvalue weighted by Crippen LogP contribution is 2.28. The lowest BCUT2D eigenvalue weighted by Crippen LogP contribution is -2.24. The van der Waals surface area contributed by atoms with Crippen LogP contribution in [-0.2, 0) is 19.1 Å². The van der Waals surface area contributed by atoms with Crippen LogP contribution < -0.4 is 20.2 Å². The summed E-state index contributed by atoms with van der Waals surface area (Å²) in [5.41, 5.74) is 4.63. The van der Waals surface area contributed by atoms with Crippen LogP contribution in [0.25, 0.3) is 0 Å². The Kier molecular flexibility index (Phi) is 9.70. The molecule has 9 heteroatoms. The van der Waals surface area contributed by atoms with Gasteiger partial charge in [-0.1, -0.05) is 17.7 Å². The SMILES string of the molecule is CCOC(=O)COc1ccc(C=NNC(=O)CC(=O)Nc2ccc(C)cc2)cc1OCC. The number of rotatable bonds is 11. The van der Waals surface area contributed by atoms with Gasteiger partial charge in [-0.15, -0.1) is 0 Å². The summed E-state index contributed by atoms with van der Waals surface area (Å²) in [6.07, 6.45) is 1.05. The number of nitrogens with one attached hydrogen (secondary N) is 2. The first kappa shape index (κ1) is 24.4. The molecule has 0 aliphatic rings. The van der Waals surface area contributed by atoms with E-state index in [1.807, 2.05) is 26.0 Å². The van der Waals surface area contributed by atoms with Crippen LogP contribution in [0.2, 0.25) is 0 Å². The molecule has 0 saturated carbocycles. The summed E-state index contributed by atoms with van der Waals surface area (Å²) in [5.74, 6) is -0.665. The quantitative estimate of drug-likeness (QED) is 0.240. The highest BCUT2D eigenvalue weighted by Gasteiger charge is 2.11. The molecule has 2 amide bonds. The number of carbonyl (C=O) groups excluding carboxylic acids is 3. The molecule has 0 heterocycles. The lowest BCUT2D eigenvalue weighted by Gasteiger charge is -2.12. The number of benzene rings is 2. The number of hydrogen-bond donors (Lipinski definition) is 2. The largest absolute Gasteiger partial charge is 0.490 e. The molecule has 0 atom stereocenters. The summed E-state index contributed by atoms with van der Waals surface area (Å²) in [7, 11) is 0. The molecular formula is C23H27N3O6. The van der Waals surface area contributed by atoms with Crippen LogP contribution in [0.15, 0.2) is 47.6 Å². The highest BCUT2D eigenvalue weighted by molar-refractivity contribution is 6.03. The Bertz CT molecular complexity index is 957. The van der Waals surface area contributed by atoms with Gasteiger partial charge >= 0.3 is 5.97 Å². The third kappa shape index (κ3) is 8.47. The van der Waals surface area contributed by atoms with Crippen LogP contribution in [0.1, 0.15) is 31.4 Å². The summed E-state index contributed by atoms with van der Waals surface area (Å²) in [5, 5.41) is 6.52. The minimum atomic E-state index is -0.551. The standard InChI is InChI=1S/C23H27N3O6/c1-4-30-20-12-17(8-11-19(20)32-15-23(29)31-5-2)14-24-26-22(28)13-21(27)25-18-9-6-16(3)7-10-18/h6-12,14H,4-5,13,15H2,1-3H3,(H,25,27)(H,26,28). The smallest absolute Gasteiger partial charge is 0.344 e. The molecule has 9 nitrogen and oxygen atoms in total. The number of nitrogens with zero attached hydrogens (tertiary/aromatic N) is 1. The fourth-order valence-corrected chi connectivity index (χ4v) is 2.54. The first-order valence-electron chi connectivity index (χ1n) is 10.1. The van der Waals surface area contributed by atoms with E-state index in [1.165, 1.54) is 6.21 Å². The molecule has 0 aliphatic heterocycles. The van der Waals surface area contributed by atoms with Crippen LogP contribution in [-0.4, -0.2) is 43.8 Å². The molecule has 0 unspecified atom stereocenters. The second kappa shape index (κ2) is 12.7. The zero-order chi connectivity index (χ0) is 23.3. The summed E-state index contributed by atoms with van der Waals surface area (Å²) in [4.78, 5) is 35.4. The topological polar surface area (TPSA) is 115 Å². The molecule has 32 heavy (non-hydrogen) atoms. The van der Waals surface area contributed by atoms with Crippen LogP contribution in [0, 0.1) is 6.92 Å². The molecule has 0 radical (unpaired) electrons. The summed E-state index contributed by atoms with van der Waals surface area (Å²) in [6.45, 7) is 5.91. The van der Waals surface area contributed by atoms with Crippen molar-refractivity contribution in [2.75, 3.05) is 25.1 Å². The second-order valence-electron chi connectivity index (χ2n) is 6.62. The monoisotopic (exact) mass is 441 g/mol. The van der Waals surface area contributed by atoms with E-state index >= 15 is 0 Å². The molecule has 0 aliphatic carbocycles. The van der Waals surface area contributed by atoms with E-state index in [4.69, 9.17) is 14.2 Å². The Balaban J connectivity index is 1.88. The van der Waals surface area contributed by atoms with Crippen molar-refractivity contribution < 1.29 is 28.6 Å². The Morgan fingerprint density at radius 1 is 0.938 bits per heavy atom. The average molecular weight is 441 g/mol. The average Bonchev–Trinajstić information content (AvgIpc) is 2.75. The third-order valence-electron chi connectivity index (χ3n) is 3.98. The van der Waals surface area contributed by atoms with Gasteiger partial charge in [-0.3, -0.25) is 9.59 Å².